The zero-order valence-electron chi connectivity index (χ0n) is 11.3. The molecule has 1 aliphatic carbocycles. The van der Waals surface area contributed by atoms with Gasteiger partial charge in [-0.1, -0.05) is 26.0 Å². The van der Waals surface area contributed by atoms with Crippen molar-refractivity contribution in [3.05, 3.63) is 39.7 Å². The topological polar surface area (TPSA) is 55.2 Å². The Morgan fingerprint density at radius 3 is 2.84 bits per heavy atom. The Morgan fingerprint density at radius 2 is 2.26 bits per heavy atom. The lowest BCUT2D eigenvalue weighted by atomic mass is 9.92. The summed E-state index contributed by atoms with van der Waals surface area (Å²) in [6.45, 7) is 4.79. The number of nitro groups is 1. The summed E-state index contributed by atoms with van der Waals surface area (Å²) in [5.74, 6) is -0.725. The molecule has 1 aromatic carbocycles. The van der Waals surface area contributed by atoms with Crippen LogP contribution in [0.3, 0.4) is 0 Å². The van der Waals surface area contributed by atoms with Crippen LogP contribution in [0, 0.1) is 21.3 Å². The maximum Gasteiger partial charge on any atom is 0.305 e. The Hall–Kier alpha value is -1.49. The molecule has 1 unspecified atom stereocenters. The summed E-state index contributed by atoms with van der Waals surface area (Å²) < 4.78 is 13.9. The molecule has 1 aliphatic rings. The minimum absolute atomic E-state index is 0.332. The standard InChI is InChI=1S/C14H19FN2O2/c1-14(2)7-6-11(8-14)16-9-10-4-3-5-12(13(10)15)17(18)19/h3-5,11,16H,6-9H2,1-2H3. The largest absolute Gasteiger partial charge is 0.310 e. The van der Waals surface area contributed by atoms with Crippen LogP contribution in [0.25, 0.3) is 0 Å². The van der Waals surface area contributed by atoms with E-state index in [1.165, 1.54) is 12.1 Å². The van der Waals surface area contributed by atoms with Gasteiger partial charge in [-0.05, 0) is 24.7 Å². The zero-order valence-corrected chi connectivity index (χ0v) is 11.3. The molecule has 1 atom stereocenters. The molecule has 0 amide bonds. The second kappa shape index (κ2) is 5.25. The molecule has 104 valence electrons. The van der Waals surface area contributed by atoms with Crippen LogP contribution in [0.1, 0.15) is 38.7 Å². The summed E-state index contributed by atoms with van der Waals surface area (Å²) in [5, 5.41) is 14.0. The highest BCUT2D eigenvalue weighted by Crippen LogP contribution is 2.37. The van der Waals surface area contributed by atoms with E-state index in [9.17, 15) is 14.5 Å². The van der Waals surface area contributed by atoms with Crippen molar-refractivity contribution < 1.29 is 9.31 Å². The van der Waals surface area contributed by atoms with Crippen LogP contribution in [0.5, 0.6) is 0 Å². The highest BCUT2D eigenvalue weighted by molar-refractivity contribution is 5.36. The fourth-order valence-electron chi connectivity index (χ4n) is 2.71. The first-order valence-corrected chi connectivity index (χ1v) is 6.54. The summed E-state index contributed by atoms with van der Waals surface area (Å²) in [6, 6.07) is 4.68. The fraction of sp³-hybridized carbons (Fsp3) is 0.571. The van der Waals surface area contributed by atoms with Crippen molar-refractivity contribution in [2.24, 2.45) is 5.41 Å². The first kappa shape index (κ1) is 13.9. The predicted octanol–water partition coefficient (Wildman–Crippen LogP) is 3.40. The van der Waals surface area contributed by atoms with Crippen LogP contribution < -0.4 is 5.32 Å². The molecule has 0 heterocycles. The van der Waals surface area contributed by atoms with Crippen LogP contribution in [0.2, 0.25) is 0 Å². The van der Waals surface area contributed by atoms with Crippen molar-refractivity contribution in [3.8, 4) is 0 Å². The van der Waals surface area contributed by atoms with Gasteiger partial charge in [0.15, 0.2) is 0 Å². The molecular weight excluding hydrogens is 247 g/mol. The van der Waals surface area contributed by atoms with E-state index in [4.69, 9.17) is 0 Å². The van der Waals surface area contributed by atoms with E-state index in [0.29, 0.717) is 23.6 Å². The molecule has 2 rings (SSSR count). The molecule has 0 bridgehead atoms. The average molecular weight is 266 g/mol. The number of benzene rings is 1. The molecule has 0 aliphatic heterocycles. The van der Waals surface area contributed by atoms with Crippen LogP contribution in [-0.2, 0) is 6.54 Å². The monoisotopic (exact) mass is 266 g/mol. The number of hydrogen-bond acceptors (Lipinski definition) is 3. The molecule has 4 nitrogen and oxygen atoms in total. The van der Waals surface area contributed by atoms with Gasteiger partial charge in [0.1, 0.15) is 0 Å². The SMILES string of the molecule is CC1(C)CCC(NCc2cccc([N+](=O)[O-])c2F)C1. The normalized spacial score (nSPS) is 21.5. The van der Waals surface area contributed by atoms with E-state index in [1.54, 1.807) is 6.07 Å². The first-order valence-electron chi connectivity index (χ1n) is 6.54. The highest BCUT2D eigenvalue weighted by atomic mass is 19.1. The van der Waals surface area contributed by atoms with Gasteiger partial charge in [0.25, 0.3) is 0 Å². The molecule has 0 spiro atoms. The maximum absolute atomic E-state index is 13.9. The Kier molecular flexibility index (Phi) is 3.85. The number of nitrogens with one attached hydrogen (secondary N) is 1. The second-order valence-electron chi connectivity index (χ2n) is 5.99. The van der Waals surface area contributed by atoms with E-state index < -0.39 is 16.4 Å². The second-order valence-corrected chi connectivity index (χ2v) is 5.99. The molecule has 0 aromatic heterocycles. The van der Waals surface area contributed by atoms with Crippen molar-refractivity contribution in [1.82, 2.24) is 5.32 Å². The number of nitro benzene ring substituents is 1. The van der Waals surface area contributed by atoms with Crippen LogP contribution >= 0.6 is 0 Å². The van der Waals surface area contributed by atoms with Crippen LogP contribution in [0.15, 0.2) is 18.2 Å². The molecule has 0 saturated heterocycles. The summed E-state index contributed by atoms with van der Waals surface area (Å²) in [7, 11) is 0. The summed E-state index contributed by atoms with van der Waals surface area (Å²) in [6.07, 6.45) is 3.29. The van der Waals surface area contributed by atoms with Gasteiger partial charge in [0.05, 0.1) is 4.92 Å². The molecule has 5 heteroatoms. The molecule has 1 saturated carbocycles. The molecular formula is C14H19FN2O2. The Balaban J connectivity index is 2.01. The number of nitrogens with zero attached hydrogens (tertiary/aromatic N) is 1. The minimum Gasteiger partial charge on any atom is -0.310 e. The van der Waals surface area contributed by atoms with Gasteiger partial charge in [-0.3, -0.25) is 10.1 Å². The third-order valence-electron chi connectivity index (χ3n) is 3.80. The summed E-state index contributed by atoms with van der Waals surface area (Å²) in [5.41, 5.74) is 0.240. The van der Waals surface area contributed by atoms with Crippen LogP contribution in [-0.4, -0.2) is 11.0 Å². The summed E-state index contributed by atoms with van der Waals surface area (Å²) >= 11 is 0. The quantitative estimate of drug-likeness (QED) is 0.671. The molecule has 1 aromatic rings. The minimum atomic E-state index is -0.725. The first-order chi connectivity index (χ1) is 8.89. The fourth-order valence-corrected chi connectivity index (χ4v) is 2.71. The van der Waals surface area contributed by atoms with E-state index >= 15 is 0 Å². The third-order valence-corrected chi connectivity index (χ3v) is 3.80. The Labute approximate surface area is 112 Å². The Morgan fingerprint density at radius 1 is 1.53 bits per heavy atom. The van der Waals surface area contributed by atoms with Crippen molar-refractivity contribution in [2.75, 3.05) is 0 Å². The molecule has 0 radical (unpaired) electrons. The van der Waals surface area contributed by atoms with E-state index in [0.717, 1.165) is 19.3 Å². The maximum atomic E-state index is 13.9. The zero-order chi connectivity index (χ0) is 14.0. The Bertz CT molecular complexity index is 488. The van der Waals surface area contributed by atoms with E-state index in [-0.39, 0.29) is 0 Å². The molecule has 1 fully saturated rings. The predicted molar refractivity (Wildman–Crippen MR) is 71.3 cm³/mol. The smallest absolute Gasteiger partial charge is 0.305 e. The van der Waals surface area contributed by atoms with Crippen molar-refractivity contribution in [3.63, 3.8) is 0 Å². The van der Waals surface area contributed by atoms with Gasteiger partial charge >= 0.3 is 5.69 Å². The van der Waals surface area contributed by atoms with E-state index in [2.05, 4.69) is 19.2 Å². The van der Waals surface area contributed by atoms with Gasteiger partial charge in [-0.2, -0.15) is 4.39 Å². The summed E-state index contributed by atoms with van der Waals surface area (Å²) in [4.78, 5) is 9.98. The number of rotatable bonds is 4. The average Bonchev–Trinajstić information content (AvgIpc) is 2.67. The number of halogens is 1. The lowest BCUT2D eigenvalue weighted by Gasteiger charge is -2.18. The lowest BCUT2D eigenvalue weighted by molar-refractivity contribution is -0.387. The van der Waals surface area contributed by atoms with Gasteiger partial charge in [0.2, 0.25) is 5.82 Å². The molecule has 19 heavy (non-hydrogen) atoms. The van der Waals surface area contributed by atoms with Crippen LogP contribution in [0.4, 0.5) is 10.1 Å². The van der Waals surface area contributed by atoms with Gasteiger partial charge in [-0.25, -0.2) is 0 Å². The van der Waals surface area contributed by atoms with Crippen molar-refractivity contribution in [1.29, 1.82) is 0 Å². The van der Waals surface area contributed by atoms with Gasteiger partial charge < -0.3 is 5.32 Å². The highest BCUT2D eigenvalue weighted by Gasteiger charge is 2.30. The van der Waals surface area contributed by atoms with Crippen molar-refractivity contribution >= 4 is 5.69 Å². The van der Waals surface area contributed by atoms with Gasteiger partial charge in [-0.15, -0.1) is 0 Å². The third kappa shape index (κ3) is 3.29. The van der Waals surface area contributed by atoms with Crippen molar-refractivity contribution in [2.45, 2.75) is 45.7 Å². The molecule has 1 N–H and O–H groups in total. The number of hydrogen-bond donors (Lipinski definition) is 1. The van der Waals surface area contributed by atoms with Gasteiger partial charge in [0, 0.05) is 24.2 Å². The van der Waals surface area contributed by atoms with E-state index in [1.807, 2.05) is 0 Å². The lowest BCUT2D eigenvalue weighted by Crippen LogP contribution is -2.27.